The van der Waals surface area contributed by atoms with E-state index >= 15 is 0 Å². The molecular formula is C25H31N3O2S. The Balaban J connectivity index is 1.64. The maximum atomic E-state index is 12.6. The van der Waals surface area contributed by atoms with Gasteiger partial charge in [0.15, 0.2) is 0 Å². The zero-order valence-electron chi connectivity index (χ0n) is 18.2. The average molecular weight is 438 g/mol. The molecule has 2 N–H and O–H groups in total. The highest BCUT2D eigenvalue weighted by Crippen LogP contribution is 2.50. The predicted octanol–water partition coefficient (Wildman–Crippen LogP) is 4.82. The third kappa shape index (κ3) is 4.14. The fourth-order valence-corrected chi connectivity index (χ4v) is 5.84. The van der Waals surface area contributed by atoms with Crippen molar-refractivity contribution < 1.29 is 8.42 Å². The Hall–Kier alpha value is -2.57. The smallest absolute Gasteiger partial charge is 0.240 e. The van der Waals surface area contributed by atoms with Crippen molar-refractivity contribution in [2.24, 2.45) is 5.92 Å². The molecule has 1 aliphatic heterocycles. The normalized spacial score (nSPS) is 21.8. The first-order valence-electron chi connectivity index (χ1n) is 11.0. The molecule has 1 aliphatic carbocycles. The second kappa shape index (κ2) is 8.89. The lowest BCUT2D eigenvalue weighted by atomic mass is 9.77. The summed E-state index contributed by atoms with van der Waals surface area (Å²) in [7, 11) is -3.55. The van der Waals surface area contributed by atoms with Gasteiger partial charge in [-0.25, -0.2) is 13.1 Å². The zero-order valence-corrected chi connectivity index (χ0v) is 19.0. The van der Waals surface area contributed by atoms with Crippen LogP contribution in [-0.2, 0) is 10.0 Å². The molecule has 0 spiro atoms. The summed E-state index contributed by atoms with van der Waals surface area (Å²) in [4.78, 5) is 2.64. The molecule has 164 valence electrons. The van der Waals surface area contributed by atoms with Gasteiger partial charge < -0.3 is 10.2 Å². The summed E-state index contributed by atoms with van der Waals surface area (Å²) in [5.41, 5.74) is 4.57. The monoisotopic (exact) mass is 437 g/mol. The summed E-state index contributed by atoms with van der Waals surface area (Å²) >= 11 is 0. The van der Waals surface area contributed by atoms with Crippen LogP contribution in [0.4, 0.5) is 11.4 Å². The van der Waals surface area contributed by atoms with Crippen molar-refractivity contribution >= 4 is 21.4 Å². The van der Waals surface area contributed by atoms with E-state index in [0.717, 1.165) is 30.8 Å². The van der Waals surface area contributed by atoms with Crippen LogP contribution in [0.2, 0.25) is 0 Å². The van der Waals surface area contributed by atoms with Gasteiger partial charge in [-0.3, -0.25) is 0 Å². The number of rotatable bonds is 8. The van der Waals surface area contributed by atoms with Crippen LogP contribution in [0.5, 0.6) is 0 Å². The minimum absolute atomic E-state index is 0.194. The number of nitrogens with zero attached hydrogens (tertiary/aromatic N) is 1. The van der Waals surface area contributed by atoms with E-state index in [4.69, 9.17) is 0 Å². The predicted molar refractivity (Wildman–Crippen MR) is 128 cm³/mol. The van der Waals surface area contributed by atoms with Crippen molar-refractivity contribution in [2.75, 3.05) is 29.9 Å². The Labute approximate surface area is 185 Å². The number of allylic oxidation sites excluding steroid dienone is 2. The molecule has 6 heteroatoms. The molecule has 2 aliphatic rings. The zero-order chi connectivity index (χ0) is 22.0. The van der Waals surface area contributed by atoms with Crippen LogP contribution in [0.1, 0.15) is 43.4 Å². The summed E-state index contributed by atoms with van der Waals surface area (Å²) in [6.45, 7) is 10.1. The molecule has 0 amide bonds. The van der Waals surface area contributed by atoms with Crippen LogP contribution in [0.3, 0.4) is 0 Å². The fraction of sp³-hybridized carbons (Fsp3) is 0.360. The molecule has 1 heterocycles. The standard InChI is InChI=1S/C25H31N3O2S/c1-4-16-26-31(29,30)20-14-15-24-23(17-20)21-8-7-9-22(21)25(27-24)18-10-12-19(13-11-18)28(5-2)6-3/h4,7-8,10-15,17,21-22,25-27H,1,5-6,9,16H2,2-3H3. The molecule has 0 aromatic heterocycles. The van der Waals surface area contributed by atoms with Crippen molar-refractivity contribution in [1.29, 1.82) is 0 Å². The molecule has 3 unspecified atom stereocenters. The van der Waals surface area contributed by atoms with E-state index in [1.165, 1.54) is 11.3 Å². The quantitative estimate of drug-likeness (QED) is 0.581. The van der Waals surface area contributed by atoms with E-state index in [-0.39, 0.29) is 18.5 Å². The average Bonchev–Trinajstić information content (AvgIpc) is 3.28. The molecule has 5 nitrogen and oxygen atoms in total. The summed E-state index contributed by atoms with van der Waals surface area (Å²) in [6.07, 6.45) is 6.98. The Morgan fingerprint density at radius 2 is 1.90 bits per heavy atom. The molecule has 0 saturated heterocycles. The highest BCUT2D eigenvalue weighted by Gasteiger charge is 2.38. The summed E-state index contributed by atoms with van der Waals surface area (Å²) in [5, 5.41) is 3.70. The van der Waals surface area contributed by atoms with Gasteiger partial charge in [-0.1, -0.05) is 30.4 Å². The number of sulfonamides is 1. The van der Waals surface area contributed by atoms with Crippen LogP contribution in [0.15, 0.2) is 72.2 Å². The van der Waals surface area contributed by atoms with Gasteiger partial charge in [-0.2, -0.15) is 0 Å². The van der Waals surface area contributed by atoms with Crippen LogP contribution < -0.4 is 14.9 Å². The number of nitrogens with one attached hydrogen (secondary N) is 2. The topological polar surface area (TPSA) is 61.4 Å². The van der Waals surface area contributed by atoms with Crippen LogP contribution >= 0.6 is 0 Å². The molecule has 31 heavy (non-hydrogen) atoms. The third-order valence-corrected chi connectivity index (χ3v) is 7.86. The summed E-state index contributed by atoms with van der Waals surface area (Å²) in [6, 6.07) is 14.5. The Bertz CT molecular complexity index is 1070. The van der Waals surface area contributed by atoms with E-state index in [1.54, 1.807) is 12.1 Å². The van der Waals surface area contributed by atoms with Gasteiger partial charge in [0.25, 0.3) is 0 Å². The van der Waals surface area contributed by atoms with Crippen LogP contribution in [0.25, 0.3) is 0 Å². The van der Waals surface area contributed by atoms with Gasteiger partial charge in [0, 0.05) is 36.9 Å². The highest BCUT2D eigenvalue weighted by atomic mass is 32.2. The van der Waals surface area contributed by atoms with Crippen LogP contribution in [0, 0.1) is 5.92 Å². The minimum Gasteiger partial charge on any atom is -0.378 e. The third-order valence-electron chi connectivity index (χ3n) is 6.44. The molecule has 0 radical (unpaired) electrons. The first-order chi connectivity index (χ1) is 15.0. The lowest BCUT2D eigenvalue weighted by molar-refractivity contribution is 0.425. The molecule has 2 aromatic carbocycles. The molecule has 0 saturated carbocycles. The van der Waals surface area contributed by atoms with Crippen molar-refractivity contribution in [3.63, 3.8) is 0 Å². The van der Waals surface area contributed by atoms with Gasteiger partial charge in [-0.15, -0.1) is 6.58 Å². The Morgan fingerprint density at radius 3 is 2.58 bits per heavy atom. The SMILES string of the molecule is C=CCNS(=O)(=O)c1ccc2c(c1)C1C=CCC1C(c1ccc(N(CC)CC)cc1)N2. The van der Waals surface area contributed by atoms with Gasteiger partial charge >= 0.3 is 0 Å². The second-order valence-corrected chi connectivity index (χ2v) is 9.90. The maximum absolute atomic E-state index is 12.6. The van der Waals surface area contributed by atoms with E-state index in [2.05, 4.69) is 71.8 Å². The van der Waals surface area contributed by atoms with E-state index < -0.39 is 10.0 Å². The Kier molecular flexibility index (Phi) is 6.21. The largest absolute Gasteiger partial charge is 0.378 e. The first-order valence-corrected chi connectivity index (χ1v) is 12.5. The first kappa shape index (κ1) is 21.7. The van der Waals surface area contributed by atoms with Gasteiger partial charge in [0.1, 0.15) is 0 Å². The second-order valence-electron chi connectivity index (χ2n) is 8.13. The number of hydrogen-bond acceptors (Lipinski definition) is 4. The van der Waals surface area contributed by atoms with E-state index in [0.29, 0.717) is 10.8 Å². The molecule has 2 aromatic rings. The van der Waals surface area contributed by atoms with Crippen molar-refractivity contribution in [3.05, 3.63) is 78.4 Å². The minimum atomic E-state index is -3.55. The lowest BCUT2D eigenvalue weighted by Crippen LogP contribution is -2.30. The number of benzene rings is 2. The summed E-state index contributed by atoms with van der Waals surface area (Å²) < 4.78 is 27.7. The van der Waals surface area contributed by atoms with Crippen molar-refractivity contribution in [3.8, 4) is 0 Å². The molecule has 4 rings (SSSR count). The molecular weight excluding hydrogens is 406 g/mol. The number of hydrogen-bond donors (Lipinski definition) is 2. The lowest BCUT2D eigenvalue weighted by Gasteiger charge is -2.38. The molecule has 3 atom stereocenters. The van der Waals surface area contributed by atoms with Crippen LogP contribution in [-0.4, -0.2) is 28.1 Å². The van der Waals surface area contributed by atoms with Gasteiger partial charge in [0.2, 0.25) is 10.0 Å². The maximum Gasteiger partial charge on any atom is 0.240 e. The highest BCUT2D eigenvalue weighted by molar-refractivity contribution is 7.89. The molecule has 0 bridgehead atoms. The van der Waals surface area contributed by atoms with Gasteiger partial charge in [-0.05, 0) is 67.6 Å². The summed E-state index contributed by atoms with van der Waals surface area (Å²) in [5.74, 6) is 0.573. The Morgan fingerprint density at radius 1 is 1.16 bits per heavy atom. The number of anilines is 2. The van der Waals surface area contributed by atoms with E-state index in [9.17, 15) is 8.42 Å². The van der Waals surface area contributed by atoms with Gasteiger partial charge in [0.05, 0.1) is 10.9 Å². The van der Waals surface area contributed by atoms with Crippen molar-refractivity contribution in [2.45, 2.75) is 37.1 Å². The van der Waals surface area contributed by atoms with Crippen molar-refractivity contribution in [1.82, 2.24) is 4.72 Å². The fourth-order valence-electron chi connectivity index (χ4n) is 4.80. The van der Waals surface area contributed by atoms with E-state index in [1.807, 2.05) is 12.1 Å². The molecule has 0 fully saturated rings. The number of fused-ring (bicyclic) bond motifs is 3.